The van der Waals surface area contributed by atoms with Gasteiger partial charge in [-0.05, 0) is 73.0 Å². The molecule has 1 aromatic heterocycles. The first-order valence-corrected chi connectivity index (χ1v) is 12.1. The summed E-state index contributed by atoms with van der Waals surface area (Å²) < 4.78 is 66.4. The van der Waals surface area contributed by atoms with Crippen molar-refractivity contribution in [2.45, 2.75) is 37.8 Å². The second-order valence-electron chi connectivity index (χ2n) is 7.84. The predicted molar refractivity (Wildman–Crippen MR) is 125 cm³/mol. The van der Waals surface area contributed by atoms with Crippen molar-refractivity contribution >= 4 is 39.0 Å². The van der Waals surface area contributed by atoms with Gasteiger partial charge >= 0.3 is 6.18 Å². The minimum atomic E-state index is -4.52. The summed E-state index contributed by atoms with van der Waals surface area (Å²) in [6, 6.07) is 9.93. The highest BCUT2D eigenvalue weighted by molar-refractivity contribution is 7.92. The van der Waals surface area contributed by atoms with Gasteiger partial charge in [-0.25, -0.2) is 8.42 Å². The van der Waals surface area contributed by atoms with Crippen molar-refractivity contribution < 1.29 is 26.4 Å². The van der Waals surface area contributed by atoms with Gasteiger partial charge < -0.3 is 10.3 Å². The molecule has 178 valence electrons. The lowest BCUT2D eigenvalue weighted by atomic mass is 10.0. The van der Waals surface area contributed by atoms with E-state index in [0.29, 0.717) is 16.8 Å². The molecule has 1 aliphatic rings. The zero-order valence-corrected chi connectivity index (χ0v) is 19.2. The maximum Gasteiger partial charge on any atom is 0.416 e. The largest absolute Gasteiger partial charge is 0.416 e. The van der Waals surface area contributed by atoms with Crippen LogP contribution in [0.2, 0.25) is 0 Å². The standard InChI is InChI=1S/C24H22F3N3O3S/c1-3-14-11-16(4-2)28-22(14)13-20-19-12-18(9-10-21(19)29-23(20)31)34(32,33)30-17-7-5-15(6-8-17)24(25,26)27/h5-13,28,30H,3-4H2,1-2H3,(H,29,31). The summed E-state index contributed by atoms with van der Waals surface area (Å²) in [5.74, 6) is -0.352. The third-order valence-corrected chi connectivity index (χ3v) is 6.97. The van der Waals surface area contributed by atoms with Gasteiger partial charge in [-0.2, -0.15) is 13.2 Å². The fourth-order valence-electron chi connectivity index (χ4n) is 3.75. The van der Waals surface area contributed by atoms with Crippen LogP contribution in [0.15, 0.2) is 53.4 Å². The third kappa shape index (κ3) is 4.58. The molecule has 0 aliphatic carbocycles. The van der Waals surface area contributed by atoms with Gasteiger partial charge in [0.25, 0.3) is 15.9 Å². The van der Waals surface area contributed by atoms with E-state index in [-0.39, 0.29) is 16.5 Å². The maximum absolute atomic E-state index is 12.9. The Kier molecular flexibility index (Phi) is 6.03. The summed E-state index contributed by atoms with van der Waals surface area (Å²) in [6.07, 6.45) is -1.25. The van der Waals surface area contributed by atoms with Gasteiger partial charge in [-0.1, -0.05) is 13.8 Å². The quantitative estimate of drug-likeness (QED) is 0.402. The van der Waals surface area contributed by atoms with Crippen molar-refractivity contribution in [3.8, 4) is 0 Å². The Bertz CT molecular complexity index is 1390. The molecule has 0 unspecified atom stereocenters. The van der Waals surface area contributed by atoms with E-state index in [1.807, 2.05) is 19.9 Å². The number of H-pyrrole nitrogens is 1. The molecular formula is C24H22F3N3O3S. The average Bonchev–Trinajstić information content (AvgIpc) is 3.33. The summed E-state index contributed by atoms with van der Waals surface area (Å²) in [4.78, 5) is 15.8. The van der Waals surface area contributed by atoms with E-state index >= 15 is 0 Å². The Balaban J connectivity index is 1.67. The second kappa shape index (κ2) is 8.68. The summed E-state index contributed by atoms with van der Waals surface area (Å²) in [5, 5.41) is 2.73. The van der Waals surface area contributed by atoms with Crippen molar-refractivity contribution in [1.82, 2.24) is 4.98 Å². The van der Waals surface area contributed by atoms with E-state index in [4.69, 9.17) is 0 Å². The minimum absolute atomic E-state index is 0.00969. The number of carbonyl (C=O) groups is 1. The van der Waals surface area contributed by atoms with Crippen molar-refractivity contribution in [3.05, 3.63) is 76.6 Å². The number of aromatic nitrogens is 1. The van der Waals surface area contributed by atoms with Gasteiger partial charge in [0.05, 0.1) is 16.0 Å². The normalized spacial score (nSPS) is 14.9. The van der Waals surface area contributed by atoms with Crippen molar-refractivity contribution in [2.75, 3.05) is 10.0 Å². The number of sulfonamides is 1. The van der Waals surface area contributed by atoms with Crippen molar-refractivity contribution in [3.63, 3.8) is 0 Å². The summed E-state index contributed by atoms with van der Waals surface area (Å²) in [7, 11) is -4.12. The number of anilines is 2. The number of amides is 1. The van der Waals surface area contributed by atoms with Gasteiger partial charge in [0, 0.05) is 28.3 Å². The molecular weight excluding hydrogens is 467 g/mol. The highest BCUT2D eigenvalue weighted by Gasteiger charge is 2.30. The molecule has 1 amide bonds. The van der Waals surface area contributed by atoms with E-state index in [2.05, 4.69) is 15.0 Å². The molecule has 2 aromatic carbocycles. The van der Waals surface area contributed by atoms with Gasteiger partial charge in [-0.15, -0.1) is 0 Å². The number of halogens is 3. The first-order chi connectivity index (χ1) is 16.0. The van der Waals surface area contributed by atoms with Crippen LogP contribution in [0.4, 0.5) is 24.5 Å². The Hall–Kier alpha value is -3.53. The summed E-state index contributed by atoms with van der Waals surface area (Å²) >= 11 is 0. The van der Waals surface area contributed by atoms with Gasteiger partial charge in [0.2, 0.25) is 0 Å². The highest BCUT2D eigenvalue weighted by atomic mass is 32.2. The van der Waals surface area contributed by atoms with Crippen LogP contribution in [0.3, 0.4) is 0 Å². The Labute approximate surface area is 194 Å². The number of hydrogen-bond acceptors (Lipinski definition) is 3. The molecule has 0 saturated carbocycles. The lowest BCUT2D eigenvalue weighted by Crippen LogP contribution is -2.13. The SMILES string of the molecule is CCc1cc(CC)c(C=C2C(=O)Nc3ccc(S(=O)(=O)Nc4ccc(C(F)(F)F)cc4)cc32)[nH]1. The molecule has 3 N–H and O–H groups in total. The molecule has 3 aromatic rings. The predicted octanol–water partition coefficient (Wildman–Crippen LogP) is 5.45. The van der Waals surface area contributed by atoms with Crippen LogP contribution in [0.5, 0.6) is 0 Å². The first kappa shape index (κ1) is 23.6. The smallest absolute Gasteiger partial charge is 0.359 e. The van der Waals surface area contributed by atoms with Crippen LogP contribution >= 0.6 is 0 Å². The van der Waals surface area contributed by atoms with Crippen LogP contribution in [0, 0.1) is 0 Å². The molecule has 2 heterocycles. The molecule has 4 rings (SSSR count). The molecule has 0 fully saturated rings. The van der Waals surface area contributed by atoms with Gasteiger partial charge in [-0.3, -0.25) is 9.52 Å². The third-order valence-electron chi connectivity index (χ3n) is 5.59. The number of hydrogen-bond donors (Lipinski definition) is 3. The van der Waals surface area contributed by atoms with Crippen LogP contribution in [-0.4, -0.2) is 19.3 Å². The lowest BCUT2D eigenvalue weighted by Gasteiger charge is -2.11. The molecule has 0 atom stereocenters. The fraction of sp³-hybridized carbons (Fsp3) is 0.208. The molecule has 0 saturated heterocycles. The van der Waals surface area contributed by atoms with Crippen LogP contribution in [-0.2, 0) is 33.8 Å². The molecule has 6 nitrogen and oxygen atoms in total. The first-order valence-electron chi connectivity index (χ1n) is 10.6. The van der Waals surface area contributed by atoms with E-state index in [9.17, 15) is 26.4 Å². The fourth-order valence-corrected chi connectivity index (χ4v) is 4.84. The number of carbonyl (C=O) groups excluding carboxylic acids is 1. The van der Waals surface area contributed by atoms with E-state index < -0.39 is 21.8 Å². The van der Waals surface area contributed by atoms with E-state index in [1.54, 1.807) is 6.08 Å². The lowest BCUT2D eigenvalue weighted by molar-refractivity contribution is -0.137. The molecule has 10 heteroatoms. The molecule has 34 heavy (non-hydrogen) atoms. The Morgan fingerprint density at radius 1 is 1.00 bits per heavy atom. The highest BCUT2D eigenvalue weighted by Crippen LogP contribution is 2.36. The number of fused-ring (bicyclic) bond motifs is 1. The topological polar surface area (TPSA) is 91.1 Å². The monoisotopic (exact) mass is 489 g/mol. The Morgan fingerprint density at radius 2 is 1.71 bits per heavy atom. The maximum atomic E-state index is 12.9. The number of alkyl halides is 3. The molecule has 0 bridgehead atoms. The number of aryl methyl sites for hydroxylation is 2. The summed E-state index contributed by atoms with van der Waals surface area (Å²) in [5.41, 5.74) is 3.19. The zero-order chi connectivity index (χ0) is 24.7. The van der Waals surface area contributed by atoms with Crippen molar-refractivity contribution in [2.24, 2.45) is 0 Å². The number of nitrogens with one attached hydrogen (secondary N) is 3. The van der Waals surface area contributed by atoms with E-state index in [1.165, 1.54) is 18.2 Å². The zero-order valence-electron chi connectivity index (χ0n) is 18.4. The summed E-state index contributed by atoms with van der Waals surface area (Å²) in [6.45, 7) is 4.02. The molecule has 0 radical (unpaired) electrons. The van der Waals surface area contributed by atoms with Gasteiger partial charge in [0.1, 0.15) is 0 Å². The van der Waals surface area contributed by atoms with Crippen molar-refractivity contribution in [1.29, 1.82) is 0 Å². The number of benzene rings is 2. The molecule has 1 aliphatic heterocycles. The van der Waals surface area contributed by atoms with Crippen LogP contribution < -0.4 is 10.0 Å². The minimum Gasteiger partial charge on any atom is -0.359 e. The van der Waals surface area contributed by atoms with Crippen LogP contribution in [0.25, 0.3) is 11.6 Å². The average molecular weight is 490 g/mol. The Morgan fingerprint density at radius 3 is 2.32 bits per heavy atom. The number of rotatable bonds is 6. The van der Waals surface area contributed by atoms with Gasteiger partial charge in [0.15, 0.2) is 0 Å². The number of aromatic amines is 1. The van der Waals surface area contributed by atoms with E-state index in [0.717, 1.165) is 54.1 Å². The van der Waals surface area contributed by atoms with Crippen LogP contribution in [0.1, 0.15) is 41.9 Å². The molecule has 0 spiro atoms. The second-order valence-corrected chi connectivity index (χ2v) is 9.52.